The van der Waals surface area contributed by atoms with Crippen molar-refractivity contribution in [3.63, 3.8) is 0 Å². The van der Waals surface area contributed by atoms with Crippen molar-refractivity contribution in [2.24, 2.45) is 11.8 Å². The number of rotatable bonds is 1. The Morgan fingerprint density at radius 3 is 2.70 bits per heavy atom. The monoisotopic (exact) mass is 332 g/mol. The molecule has 0 aromatic carbocycles. The van der Waals surface area contributed by atoms with Gasteiger partial charge in [0.1, 0.15) is 5.82 Å². The third-order valence-corrected chi connectivity index (χ3v) is 5.20. The number of fused-ring (bicyclic) bond motifs is 2. The van der Waals surface area contributed by atoms with Crippen molar-refractivity contribution in [2.75, 3.05) is 38.1 Å². The molecular formula is C15H17BrN4. The highest BCUT2D eigenvalue weighted by molar-refractivity contribution is 9.10. The van der Waals surface area contributed by atoms with Gasteiger partial charge in [-0.3, -0.25) is 4.98 Å². The fourth-order valence-corrected chi connectivity index (χ4v) is 4.14. The number of hydrogen-bond acceptors (Lipinski definition) is 4. The highest BCUT2D eigenvalue weighted by atomic mass is 79.9. The number of aromatic nitrogens is 2. The summed E-state index contributed by atoms with van der Waals surface area (Å²) >= 11 is 3.66. The molecule has 0 bridgehead atoms. The van der Waals surface area contributed by atoms with E-state index in [4.69, 9.17) is 4.98 Å². The van der Waals surface area contributed by atoms with E-state index in [1.165, 1.54) is 13.1 Å². The average Bonchev–Trinajstić information content (AvgIpc) is 2.96. The number of nitrogens with zero attached hydrogens (tertiary/aromatic N) is 4. The van der Waals surface area contributed by atoms with Crippen LogP contribution in [-0.4, -0.2) is 48.1 Å². The Morgan fingerprint density at radius 1 is 1.20 bits per heavy atom. The molecule has 20 heavy (non-hydrogen) atoms. The molecule has 0 aliphatic carbocycles. The van der Waals surface area contributed by atoms with Gasteiger partial charge in [0.15, 0.2) is 0 Å². The first-order valence-corrected chi connectivity index (χ1v) is 7.84. The maximum atomic E-state index is 4.78. The molecule has 0 radical (unpaired) electrons. The zero-order valence-electron chi connectivity index (χ0n) is 11.5. The number of likely N-dealkylation sites (tertiary alicyclic amines) is 1. The van der Waals surface area contributed by atoms with Crippen molar-refractivity contribution >= 4 is 32.7 Å². The quantitative estimate of drug-likeness (QED) is 0.802. The summed E-state index contributed by atoms with van der Waals surface area (Å²) in [5.41, 5.74) is 0.964. The van der Waals surface area contributed by atoms with Crippen LogP contribution < -0.4 is 4.90 Å². The predicted molar refractivity (Wildman–Crippen MR) is 83.9 cm³/mol. The third-order valence-electron chi connectivity index (χ3n) is 4.54. The van der Waals surface area contributed by atoms with Crippen LogP contribution in [0.5, 0.6) is 0 Å². The SMILES string of the molecule is CN1C[C@@H]2CN(c3cc(Br)c4ccncc4n3)C[C@@H]2C1. The standard InChI is InChI=1S/C15H17BrN4/c1-19-6-10-8-20(9-11(10)7-19)15-4-13(16)12-2-3-17-5-14(12)18-15/h2-5,10-11H,6-9H2,1H3/t10-,11+. The van der Waals surface area contributed by atoms with Gasteiger partial charge < -0.3 is 9.80 Å². The van der Waals surface area contributed by atoms with Gasteiger partial charge in [-0.1, -0.05) is 0 Å². The summed E-state index contributed by atoms with van der Waals surface area (Å²) in [7, 11) is 2.22. The molecule has 4 nitrogen and oxygen atoms in total. The van der Waals surface area contributed by atoms with Crippen LogP contribution in [0.3, 0.4) is 0 Å². The van der Waals surface area contributed by atoms with Crippen molar-refractivity contribution in [1.29, 1.82) is 0 Å². The van der Waals surface area contributed by atoms with Crippen molar-refractivity contribution in [3.8, 4) is 0 Å². The van der Waals surface area contributed by atoms with Gasteiger partial charge in [0.25, 0.3) is 0 Å². The third kappa shape index (κ3) is 2.00. The number of anilines is 1. The summed E-state index contributed by atoms with van der Waals surface area (Å²) in [6, 6.07) is 4.15. The number of pyridine rings is 2. The van der Waals surface area contributed by atoms with E-state index in [0.717, 1.165) is 46.1 Å². The zero-order valence-corrected chi connectivity index (χ0v) is 13.0. The van der Waals surface area contributed by atoms with E-state index < -0.39 is 0 Å². The largest absolute Gasteiger partial charge is 0.356 e. The maximum Gasteiger partial charge on any atom is 0.130 e. The Kier molecular flexibility index (Phi) is 2.93. The van der Waals surface area contributed by atoms with Crippen LogP contribution in [0.25, 0.3) is 10.9 Å². The lowest BCUT2D eigenvalue weighted by Crippen LogP contribution is -2.27. The van der Waals surface area contributed by atoms with Crippen LogP contribution in [0, 0.1) is 11.8 Å². The van der Waals surface area contributed by atoms with Gasteiger partial charge in [0.2, 0.25) is 0 Å². The van der Waals surface area contributed by atoms with E-state index in [-0.39, 0.29) is 0 Å². The molecule has 4 rings (SSSR count). The van der Waals surface area contributed by atoms with Crippen LogP contribution in [0.4, 0.5) is 5.82 Å². The highest BCUT2D eigenvalue weighted by Crippen LogP contribution is 2.34. The minimum atomic E-state index is 0.796. The fraction of sp³-hybridized carbons (Fsp3) is 0.467. The minimum absolute atomic E-state index is 0.796. The summed E-state index contributed by atoms with van der Waals surface area (Å²) in [5.74, 6) is 2.67. The Hall–Kier alpha value is -1.20. The summed E-state index contributed by atoms with van der Waals surface area (Å²) in [6.45, 7) is 4.69. The van der Waals surface area contributed by atoms with Gasteiger partial charge in [-0.2, -0.15) is 0 Å². The lowest BCUT2D eigenvalue weighted by atomic mass is 10.0. The summed E-state index contributed by atoms with van der Waals surface area (Å²) in [4.78, 5) is 13.8. The van der Waals surface area contributed by atoms with Crippen LogP contribution in [0.1, 0.15) is 0 Å². The first-order valence-electron chi connectivity index (χ1n) is 7.04. The summed E-state index contributed by atoms with van der Waals surface area (Å²) in [5, 5.41) is 1.13. The van der Waals surface area contributed by atoms with Gasteiger partial charge in [-0.05, 0) is 46.9 Å². The second kappa shape index (κ2) is 4.67. The average molecular weight is 333 g/mol. The molecule has 2 aliphatic heterocycles. The Morgan fingerprint density at radius 2 is 1.95 bits per heavy atom. The van der Waals surface area contributed by atoms with Crippen LogP contribution in [0.15, 0.2) is 29.0 Å². The van der Waals surface area contributed by atoms with E-state index >= 15 is 0 Å². The molecule has 0 spiro atoms. The van der Waals surface area contributed by atoms with Gasteiger partial charge in [-0.25, -0.2) is 4.98 Å². The summed E-state index contributed by atoms with van der Waals surface area (Å²) < 4.78 is 1.11. The molecule has 0 amide bonds. The molecule has 2 fully saturated rings. The molecule has 0 unspecified atom stereocenters. The predicted octanol–water partition coefficient (Wildman–Crippen LogP) is 2.39. The second-order valence-electron chi connectivity index (χ2n) is 6.00. The molecule has 5 heteroatoms. The molecule has 104 valence electrons. The van der Waals surface area contributed by atoms with Gasteiger partial charge >= 0.3 is 0 Å². The number of halogens is 1. The van der Waals surface area contributed by atoms with Gasteiger partial charge in [0.05, 0.1) is 11.7 Å². The molecular weight excluding hydrogens is 316 g/mol. The van der Waals surface area contributed by atoms with E-state index in [1.54, 1.807) is 0 Å². The van der Waals surface area contributed by atoms with Crippen molar-refractivity contribution < 1.29 is 0 Å². The lowest BCUT2D eigenvalue weighted by molar-refractivity contribution is 0.387. The molecule has 0 saturated carbocycles. The Labute approximate surface area is 126 Å². The molecule has 2 aliphatic rings. The smallest absolute Gasteiger partial charge is 0.130 e. The second-order valence-corrected chi connectivity index (χ2v) is 6.86. The van der Waals surface area contributed by atoms with E-state index in [9.17, 15) is 0 Å². The fourth-order valence-electron chi connectivity index (χ4n) is 3.60. The topological polar surface area (TPSA) is 32.3 Å². The maximum absolute atomic E-state index is 4.78. The molecule has 2 saturated heterocycles. The molecule has 2 aromatic heterocycles. The van der Waals surface area contributed by atoms with E-state index in [0.29, 0.717) is 0 Å². The Bertz CT molecular complexity index is 645. The van der Waals surface area contributed by atoms with Gasteiger partial charge in [0, 0.05) is 42.2 Å². The van der Waals surface area contributed by atoms with Crippen LogP contribution >= 0.6 is 15.9 Å². The van der Waals surface area contributed by atoms with Crippen molar-refractivity contribution in [2.45, 2.75) is 0 Å². The molecule has 2 aromatic rings. The number of hydrogen-bond donors (Lipinski definition) is 0. The molecule has 4 heterocycles. The van der Waals surface area contributed by atoms with Crippen LogP contribution in [0.2, 0.25) is 0 Å². The highest BCUT2D eigenvalue weighted by Gasteiger charge is 2.39. The summed E-state index contributed by atoms with van der Waals surface area (Å²) in [6.07, 6.45) is 3.65. The Balaban J connectivity index is 1.67. The first-order chi connectivity index (χ1) is 9.70. The normalized spacial score (nSPS) is 26.4. The van der Waals surface area contributed by atoms with Crippen LogP contribution in [-0.2, 0) is 0 Å². The lowest BCUT2D eigenvalue weighted by Gasteiger charge is -2.21. The van der Waals surface area contributed by atoms with E-state index in [2.05, 4.69) is 43.8 Å². The zero-order chi connectivity index (χ0) is 13.7. The molecule has 0 N–H and O–H groups in total. The van der Waals surface area contributed by atoms with Crippen molar-refractivity contribution in [3.05, 3.63) is 29.0 Å². The first kappa shape index (κ1) is 12.5. The van der Waals surface area contributed by atoms with E-state index in [1.807, 2.05) is 18.5 Å². The molecule has 2 atom stereocenters. The van der Waals surface area contributed by atoms with Crippen molar-refractivity contribution in [1.82, 2.24) is 14.9 Å². The minimum Gasteiger partial charge on any atom is -0.356 e. The van der Waals surface area contributed by atoms with Gasteiger partial charge in [-0.15, -0.1) is 0 Å².